The van der Waals surface area contributed by atoms with E-state index in [0.29, 0.717) is 11.1 Å². The van der Waals surface area contributed by atoms with Crippen LogP contribution in [0.15, 0.2) is 56.6 Å². The number of phenols is 2. The molecule has 0 amide bonds. The van der Waals surface area contributed by atoms with Crippen LogP contribution in [-0.2, 0) is 14.4 Å². The summed E-state index contributed by atoms with van der Waals surface area (Å²) in [4.78, 5) is 47.8. The van der Waals surface area contributed by atoms with Gasteiger partial charge in [-0.2, -0.15) is 0 Å². The number of carboxylic acid groups (broad SMARTS) is 3. The molecule has 0 saturated heterocycles. The van der Waals surface area contributed by atoms with E-state index in [-0.39, 0.29) is 46.1 Å². The fourth-order valence-corrected chi connectivity index (χ4v) is 3.00. The lowest BCUT2D eigenvalue weighted by molar-refractivity contribution is -0.136. The topological polar surface area (TPSA) is 222 Å². The Balaban J connectivity index is 2.72. The fourth-order valence-electron chi connectivity index (χ4n) is 3.00. The number of hydrogen-bond donors (Lipinski definition) is 6. The van der Waals surface area contributed by atoms with E-state index in [9.17, 15) is 29.7 Å². The van der Waals surface area contributed by atoms with Gasteiger partial charge in [0.15, 0.2) is 0 Å². The molecule has 2 aromatic carbocycles. The van der Waals surface area contributed by atoms with Crippen molar-refractivity contribution in [2.75, 3.05) is 26.2 Å². The zero-order valence-corrected chi connectivity index (χ0v) is 19.9. The van der Waals surface area contributed by atoms with Gasteiger partial charge in [-0.3, -0.25) is 34.4 Å². The van der Waals surface area contributed by atoms with Crippen LogP contribution in [0.4, 0.5) is 0 Å². The Labute approximate surface area is 215 Å². The second kappa shape index (κ2) is 13.7. The van der Waals surface area contributed by atoms with Gasteiger partial charge in [0.1, 0.15) is 36.9 Å². The van der Waals surface area contributed by atoms with Crippen LogP contribution >= 0.6 is 0 Å². The Morgan fingerprint density at radius 3 is 1.08 bits per heavy atom. The van der Waals surface area contributed by atoms with Crippen molar-refractivity contribution in [3.8, 4) is 22.6 Å². The van der Waals surface area contributed by atoms with Crippen molar-refractivity contribution in [2.24, 2.45) is 20.0 Å². The Kier molecular flexibility index (Phi) is 10.4. The van der Waals surface area contributed by atoms with Crippen molar-refractivity contribution in [1.29, 1.82) is 0 Å². The first-order chi connectivity index (χ1) is 18.0. The number of aliphatic imine (C=N–C) groups is 4. The number of phenolic OH excluding ortho intramolecular Hbond substituents is 2. The summed E-state index contributed by atoms with van der Waals surface area (Å²) in [5.41, 5.74) is 1.33. The number of carboxylic acids is 3. The number of aliphatic hydroxyl groups is 1. The molecule has 0 fully saturated rings. The van der Waals surface area contributed by atoms with Crippen molar-refractivity contribution in [2.45, 2.75) is 0 Å². The third-order valence-electron chi connectivity index (χ3n) is 4.55. The van der Waals surface area contributed by atoms with Crippen molar-refractivity contribution < 1.29 is 45.0 Å². The first-order valence-corrected chi connectivity index (χ1v) is 10.7. The van der Waals surface area contributed by atoms with Gasteiger partial charge in [-0.15, -0.1) is 0 Å². The maximum Gasteiger partial charge on any atom is 0.325 e. The second-order valence-electron chi connectivity index (χ2n) is 7.63. The Hall–Kier alpha value is -5.33. The third kappa shape index (κ3) is 9.03. The summed E-state index contributed by atoms with van der Waals surface area (Å²) >= 11 is 0. The highest BCUT2D eigenvalue weighted by atomic mass is 16.4. The van der Waals surface area contributed by atoms with Crippen LogP contribution in [0.3, 0.4) is 0 Å². The van der Waals surface area contributed by atoms with E-state index in [1.807, 2.05) is 0 Å². The molecule has 0 radical (unpaired) electrons. The molecule has 38 heavy (non-hydrogen) atoms. The molecule has 2 rings (SSSR count). The summed E-state index contributed by atoms with van der Waals surface area (Å²) in [6, 6.07) is 5.93. The number of aromatic hydroxyl groups is 2. The fraction of sp³-hybridized carbons (Fsp3) is 0.160. The van der Waals surface area contributed by atoms with E-state index >= 15 is 0 Å². The van der Waals surface area contributed by atoms with Crippen LogP contribution in [0.2, 0.25) is 0 Å². The number of nitrogens with zero attached hydrogens (tertiary/aromatic N) is 4. The van der Waals surface area contributed by atoms with Gasteiger partial charge < -0.3 is 30.6 Å². The largest absolute Gasteiger partial charge is 0.511 e. The second-order valence-corrected chi connectivity index (χ2v) is 7.63. The summed E-state index contributed by atoms with van der Waals surface area (Å²) in [5.74, 6) is -4.40. The SMILES string of the molecule is C=C(O)CN=Cc1cc(-c2cc(C=NCC(=O)O)c(O)c(C=NCC(=O)O)c2)cc(C=NCC(=O)O)c1O. The third-order valence-corrected chi connectivity index (χ3v) is 4.55. The lowest BCUT2D eigenvalue weighted by Gasteiger charge is -2.12. The minimum atomic E-state index is -1.20. The van der Waals surface area contributed by atoms with Gasteiger partial charge in [0.25, 0.3) is 0 Å². The molecule has 0 unspecified atom stereocenters. The van der Waals surface area contributed by atoms with Gasteiger partial charge in [-0.05, 0) is 35.4 Å². The molecule has 0 heterocycles. The molecule has 0 aliphatic carbocycles. The molecule has 6 N–H and O–H groups in total. The number of carbonyl (C=O) groups is 3. The molecule has 198 valence electrons. The van der Waals surface area contributed by atoms with Gasteiger partial charge in [0.2, 0.25) is 0 Å². The van der Waals surface area contributed by atoms with Crippen LogP contribution in [0.1, 0.15) is 22.3 Å². The van der Waals surface area contributed by atoms with Crippen LogP contribution < -0.4 is 0 Å². The molecule has 0 aliphatic rings. The first kappa shape index (κ1) is 28.9. The summed E-state index contributed by atoms with van der Waals surface area (Å²) in [6.07, 6.45) is 4.68. The van der Waals surface area contributed by atoms with E-state index in [1.54, 1.807) is 0 Å². The van der Waals surface area contributed by atoms with Gasteiger partial charge in [0, 0.05) is 47.1 Å². The Morgan fingerprint density at radius 2 is 0.842 bits per heavy atom. The smallest absolute Gasteiger partial charge is 0.325 e. The summed E-state index contributed by atoms with van der Waals surface area (Å²) in [6.45, 7) is 1.51. The zero-order valence-electron chi connectivity index (χ0n) is 19.9. The van der Waals surface area contributed by atoms with Crippen LogP contribution in [-0.4, -0.2) is 99.6 Å². The molecule has 0 aliphatic heterocycles. The molecule has 0 aromatic heterocycles. The first-order valence-electron chi connectivity index (χ1n) is 10.7. The molecular weight excluding hydrogens is 500 g/mol. The lowest BCUT2D eigenvalue weighted by atomic mass is 9.95. The van der Waals surface area contributed by atoms with Gasteiger partial charge in [0.05, 0.1) is 6.54 Å². The van der Waals surface area contributed by atoms with Crippen LogP contribution in [0.5, 0.6) is 11.5 Å². The maximum atomic E-state index is 10.8. The van der Waals surface area contributed by atoms with Crippen LogP contribution in [0.25, 0.3) is 11.1 Å². The predicted octanol–water partition coefficient (Wildman–Crippen LogP) is 1.77. The quantitative estimate of drug-likeness (QED) is 0.166. The normalized spacial score (nSPS) is 11.7. The molecule has 2 aromatic rings. The van der Waals surface area contributed by atoms with E-state index in [2.05, 4.69) is 26.5 Å². The van der Waals surface area contributed by atoms with Crippen molar-refractivity contribution in [1.82, 2.24) is 0 Å². The van der Waals surface area contributed by atoms with E-state index in [0.717, 1.165) is 18.6 Å². The number of benzene rings is 2. The highest BCUT2D eigenvalue weighted by Gasteiger charge is 2.14. The zero-order chi connectivity index (χ0) is 28.2. The minimum absolute atomic E-state index is 0.0986. The molecule has 0 spiro atoms. The monoisotopic (exact) mass is 524 g/mol. The highest BCUT2D eigenvalue weighted by molar-refractivity contribution is 5.98. The lowest BCUT2D eigenvalue weighted by Crippen LogP contribution is -2.02. The number of aliphatic carboxylic acids is 3. The number of rotatable bonds is 13. The molecule has 0 saturated carbocycles. The van der Waals surface area contributed by atoms with Crippen molar-refractivity contribution >= 4 is 42.8 Å². The van der Waals surface area contributed by atoms with Crippen molar-refractivity contribution in [3.63, 3.8) is 0 Å². The van der Waals surface area contributed by atoms with Gasteiger partial charge in [-0.25, -0.2) is 0 Å². The maximum absolute atomic E-state index is 10.8. The Bertz CT molecular complexity index is 1160. The van der Waals surface area contributed by atoms with E-state index in [1.165, 1.54) is 30.5 Å². The molecule has 13 nitrogen and oxygen atoms in total. The molecule has 13 heteroatoms. The number of hydrogen-bond acceptors (Lipinski definition) is 10. The molecular formula is C25H24N4O9. The summed E-state index contributed by atoms with van der Waals surface area (Å²) in [5, 5.41) is 57.2. The predicted molar refractivity (Wildman–Crippen MR) is 140 cm³/mol. The highest BCUT2D eigenvalue weighted by Crippen LogP contribution is 2.32. The Morgan fingerprint density at radius 1 is 0.579 bits per heavy atom. The van der Waals surface area contributed by atoms with Gasteiger partial charge in [-0.1, -0.05) is 6.58 Å². The van der Waals surface area contributed by atoms with Crippen molar-refractivity contribution in [3.05, 3.63) is 58.9 Å². The summed E-state index contributed by atoms with van der Waals surface area (Å²) < 4.78 is 0. The van der Waals surface area contributed by atoms with E-state index in [4.69, 9.17) is 15.3 Å². The summed E-state index contributed by atoms with van der Waals surface area (Å²) in [7, 11) is 0. The molecule has 0 bridgehead atoms. The van der Waals surface area contributed by atoms with Gasteiger partial charge >= 0.3 is 17.9 Å². The standard InChI is InChI=1S/C25H24N4O9/c1-14(30)6-26-7-17-2-15(3-18(24(17)37)8-27-11-21(31)32)16-4-19(9-28-12-22(33)34)25(38)20(5-16)10-29-13-23(35)36/h2-5,7-10,30,37-38H,1,6,11-13H2,(H,31,32)(H,33,34)(H,35,36). The average Bonchev–Trinajstić information content (AvgIpc) is 2.82. The van der Waals surface area contributed by atoms with Crippen LogP contribution in [0, 0.1) is 0 Å². The molecule has 0 atom stereocenters. The average molecular weight is 524 g/mol. The minimum Gasteiger partial charge on any atom is -0.511 e. The number of aliphatic hydroxyl groups excluding tert-OH is 1. The van der Waals surface area contributed by atoms with E-state index < -0.39 is 37.5 Å².